The first-order valence-corrected chi connectivity index (χ1v) is 28.6. The number of carbonyl (C=O) groups is 1. The predicted octanol–water partition coefficient (Wildman–Crippen LogP) is 2.05. The van der Waals surface area contributed by atoms with Gasteiger partial charge in [0.25, 0.3) is 5.56 Å². The van der Waals surface area contributed by atoms with Gasteiger partial charge in [-0.3, -0.25) is 28.7 Å². The number of amides is 1. The van der Waals surface area contributed by atoms with E-state index in [9.17, 15) is 80.7 Å². The number of nitrogens with zero attached hydrogens (tertiary/aromatic N) is 5. The van der Waals surface area contributed by atoms with E-state index in [1.165, 1.54) is 34.8 Å². The molecule has 1 aromatic carbocycles. The Kier molecular flexibility index (Phi) is 19.2. The molecule has 72 heavy (non-hydrogen) atoms. The quantitative estimate of drug-likeness (QED) is 0.0208. The standard InChI is InChI=1S/C33H43F3N8O22P4S2/c1-71-12-9-37-27-22-28(42-30(41-27)72-11-8-33(34,35)36)43(16-38-22)13-18-23(46)24(47)19(61-18)14-59-67(51,52)64-69(55,56)66-70(57,58)65-68(53,54)60-15-20-25(48)26(63-32(50)39-17-5-3-2-4-6-17)29(62-20)44-10-7-21(45)40-31(44)49/h2-7,10,16,18-20,23-26,29,46-48H,8-9,11-15H2,1H3,(H,39,50)(H,51,52)(H,53,54)(H,55,56)(H,57,58)(H,37,41,42)(H,40,45,49)/t18-,19+,20+,23-,24+,25+,26+,29?/m0/s1. The largest absolute Gasteiger partial charge is 0.490 e. The smallest absolute Gasteiger partial charge is 0.438 e. The molecular weight excluding hydrogens is 1110 g/mol. The van der Waals surface area contributed by atoms with Gasteiger partial charge in [0.1, 0.15) is 36.6 Å². The second-order valence-corrected chi connectivity index (χ2v) is 23.2. The van der Waals surface area contributed by atoms with E-state index >= 15 is 0 Å². The van der Waals surface area contributed by atoms with Crippen molar-refractivity contribution in [3.05, 3.63) is 69.8 Å². The summed E-state index contributed by atoms with van der Waals surface area (Å²) in [6.07, 6.45) is -16.9. The number of hydrogen-bond acceptors (Lipinski definition) is 24. The van der Waals surface area contributed by atoms with Crippen LogP contribution in [0.3, 0.4) is 0 Å². The highest BCUT2D eigenvalue weighted by molar-refractivity contribution is 7.99. The lowest BCUT2D eigenvalue weighted by molar-refractivity contribution is -0.129. The Bertz CT molecular complexity index is 2860. The van der Waals surface area contributed by atoms with Gasteiger partial charge in [0.2, 0.25) is 0 Å². The van der Waals surface area contributed by atoms with Crippen molar-refractivity contribution in [2.24, 2.45) is 0 Å². The summed E-state index contributed by atoms with van der Waals surface area (Å²) in [6.45, 7) is -2.43. The fraction of sp³-hybridized carbons (Fsp3) is 0.515. The molecule has 2 aliphatic rings. The van der Waals surface area contributed by atoms with Crippen LogP contribution >= 0.6 is 54.8 Å². The van der Waals surface area contributed by atoms with Gasteiger partial charge >= 0.3 is 49.3 Å². The molecule has 0 aliphatic carbocycles. The van der Waals surface area contributed by atoms with E-state index in [0.29, 0.717) is 28.6 Å². The number of phosphoric ester groups is 2. The lowest BCUT2D eigenvalue weighted by Crippen LogP contribution is -2.41. The first-order valence-electron chi connectivity index (χ1n) is 20.2. The van der Waals surface area contributed by atoms with Crippen LogP contribution in [0.2, 0.25) is 0 Å². The Balaban J connectivity index is 1.03. The van der Waals surface area contributed by atoms with Crippen molar-refractivity contribution >= 4 is 83.6 Å². The minimum Gasteiger partial charge on any atom is -0.438 e. The number of anilines is 2. The number of nitrogens with one attached hydrogen (secondary N) is 3. The summed E-state index contributed by atoms with van der Waals surface area (Å²) in [5.74, 6) is 0.407. The number of imidazole rings is 1. The van der Waals surface area contributed by atoms with E-state index < -0.39 is 129 Å². The zero-order chi connectivity index (χ0) is 52.8. The number of ether oxygens (including phenoxy) is 3. The summed E-state index contributed by atoms with van der Waals surface area (Å²) in [5, 5.41) is 37.8. The van der Waals surface area contributed by atoms with Crippen LogP contribution in [-0.2, 0) is 61.0 Å². The lowest BCUT2D eigenvalue weighted by atomic mass is 10.1. The first-order chi connectivity index (χ1) is 33.6. The second kappa shape index (κ2) is 23.9. The highest BCUT2D eigenvalue weighted by Gasteiger charge is 2.51. The maximum atomic E-state index is 12.8. The minimum absolute atomic E-state index is 0.0465. The fourth-order valence-electron chi connectivity index (χ4n) is 6.51. The zero-order valence-electron chi connectivity index (χ0n) is 36.4. The van der Waals surface area contributed by atoms with Crippen molar-refractivity contribution in [1.29, 1.82) is 0 Å². The number of phosphoric acid groups is 4. The fourth-order valence-corrected chi connectivity index (χ4v) is 12.6. The van der Waals surface area contributed by atoms with Gasteiger partial charge in [-0.05, 0) is 18.4 Å². The van der Waals surface area contributed by atoms with Crippen molar-refractivity contribution < 1.29 is 107 Å². The second-order valence-electron chi connectivity index (χ2n) is 14.9. The third-order valence-electron chi connectivity index (χ3n) is 9.62. The molecule has 3 aromatic heterocycles. The maximum Gasteiger partial charge on any atom is 0.490 e. The zero-order valence-corrected chi connectivity index (χ0v) is 41.6. The molecule has 2 fully saturated rings. The number of aromatic amines is 1. The predicted molar refractivity (Wildman–Crippen MR) is 240 cm³/mol. The average molecular weight is 1150 g/mol. The van der Waals surface area contributed by atoms with Gasteiger partial charge in [-0.2, -0.15) is 37.9 Å². The SMILES string of the molecule is CSCCNc1nc(SCCC(F)(F)F)nc2c1ncn2C[C@@H]1O[C@H](COP(=O)(O)OP(=O)(O)OP(=O)(O)OP(=O)(O)OC[C@H]2OC(n3ccc(=O)[nH]c3=O)[C@H](OC(=O)Nc3ccccc3)[C@@H]2O)[C@@H](O)[C@H]1O. The van der Waals surface area contributed by atoms with Gasteiger partial charge in [-0.25, -0.2) is 42.8 Å². The molecule has 1 amide bonds. The van der Waals surface area contributed by atoms with E-state index in [-0.39, 0.29) is 34.4 Å². The molecule has 39 heteroatoms. The van der Waals surface area contributed by atoms with Crippen LogP contribution in [0, 0.1) is 0 Å². The number of aromatic nitrogens is 6. The summed E-state index contributed by atoms with van der Waals surface area (Å²) in [7, 11) is -24.6. The van der Waals surface area contributed by atoms with Gasteiger partial charge < -0.3 is 59.0 Å². The number of halogens is 3. The highest BCUT2D eigenvalue weighted by Crippen LogP contribution is 2.71. The number of hydrogen-bond donors (Lipinski definition) is 10. The highest BCUT2D eigenvalue weighted by atomic mass is 32.2. The molecule has 12 atom stereocenters. The number of fused-ring (bicyclic) bond motifs is 1. The number of rotatable bonds is 24. The van der Waals surface area contributed by atoms with Crippen LogP contribution < -0.4 is 21.9 Å². The molecule has 5 unspecified atom stereocenters. The van der Waals surface area contributed by atoms with Crippen LogP contribution in [0.25, 0.3) is 11.2 Å². The molecule has 4 aromatic rings. The van der Waals surface area contributed by atoms with Crippen molar-refractivity contribution in [3.63, 3.8) is 0 Å². The average Bonchev–Trinajstić information content (AvgIpc) is 3.89. The van der Waals surface area contributed by atoms with Crippen LogP contribution in [0.1, 0.15) is 12.6 Å². The van der Waals surface area contributed by atoms with Gasteiger partial charge in [-0.15, -0.1) is 0 Å². The van der Waals surface area contributed by atoms with Gasteiger partial charge in [0.05, 0.1) is 32.5 Å². The van der Waals surface area contributed by atoms with Crippen molar-refractivity contribution in [2.45, 2.75) is 73.3 Å². The number of aliphatic hydroxyl groups excluding tert-OH is 3. The lowest BCUT2D eigenvalue weighted by Gasteiger charge is -2.22. The molecule has 0 saturated carbocycles. The Morgan fingerprint density at radius 3 is 2.07 bits per heavy atom. The van der Waals surface area contributed by atoms with Crippen LogP contribution in [-0.4, -0.2) is 156 Å². The van der Waals surface area contributed by atoms with Crippen LogP contribution in [0.5, 0.6) is 0 Å². The van der Waals surface area contributed by atoms with Crippen LogP contribution in [0.15, 0.2) is 63.7 Å². The van der Waals surface area contributed by atoms with Crippen molar-refractivity contribution in [2.75, 3.05) is 48.2 Å². The topological polar surface area (TPSA) is 423 Å². The molecular formula is C33H43F3N8O22P4S2. The molecule has 2 saturated heterocycles. The number of thioether (sulfide) groups is 2. The first kappa shape index (κ1) is 57.6. The summed E-state index contributed by atoms with van der Waals surface area (Å²) in [4.78, 5) is 92.2. The molecule has 10 N–H and O–H groups in total. The van der Waals surface area contributed by atoms with E-state index in [1.807, 2.05) is 11.2 Å². The Labute approximate surface area is 410 Å². The van der Waals surface area contributed by atoms with Crippen molar-refractivity contribution in [1.82, 2.24) is 29.1 Å². The van der Waals surface area contributed by atoms with Gasteiger partial charge in [0, 0.05) is 36.0 Å². The molecule has 5 heterocycles. The molecule has 0 spiro atoms. The molecule has 400 valence electrons. The molecule has 6 rings (SSSR count). The Hall–Kier alpha value is -3.63. The number of alkyl halides is 3. The van der Waals surface area contributed by atoms with Gasteiger partial charge in [0.15, 0.2) is 34.5 Å². The third-order valence-corrected chi connectivity index (χ3v) is 17.0. The number of carbonyl (C=O) groups excluding carboxylic acids is 1. The Morgan fingerprint density at radius 2 is 1.46 bits per heavy atom. The molecule has 0 radical (unpaired) electrons. The molecule has 0 bridgehead atoms. The summed E-state index contributed by atoms with van der Waals surface area (Å²) >= 11 is 2.21. The maximum absolute atomic E-state index is 12.8. The summed E-state index contributed by atoms with van der Waals surface area (Å²) in [6, 6.07) is 8.54. The number of para-hydroxylation sites is 1. The number of H-pyrrole nitrogens is 1. The summed E-state index contributed by atoms with van der Waals surface area (Å²) in [5.41, 5.74) is -1.48. The third kappa shape index (κ3) is 16.2. The minimum atomic E-state index is -6.36. The van der Waals surface area contributed by atoms with E-state index in [1.54, 1.807) is 18.2 Å². The summed E-state index contributed by atoms with van der Waals surface area (Å²) < 4.78 is 128. The van der Waals surface area contributed by atoms with Crippen LogP contribution in [0.4, 0.5) is 29.5 Å². The number of benzene rings is 1. The van der Waals surface area contributed by atoms with Gasteiger partial charge in [-0.1, -0.05) is 30.0 Å². The molecule has 30 nitrogen and oxygen atoms in total. The normalized spacial score (nSPS) is 25.8. The van der Waals surface area contributed by atoms with Crippen molar-refractivity contribution in [3.8, 4) is 0 Å². The van der Waals surface area contributed by atoms with E-state index in [4.69, 9.17) is 14.2 Å². The number of aliphatic hydroxyl groups is 3. The molecule has 2 aliphatic heterocycles. The van der Waals surface area contributed by atoms with E-state index in [2.05, 4.69) is 47.6 Å². The monoisotopic (exact) mass is 1150 g/mol. The van der Waals surface area contributed by atoms with E-state index in [0.717, 1.165) is 12.3 Å². The Morgan fingerprint density at radius 1 is 0.847 bits per heavy atom.